The van der Waals surface area contributed by atoms with Crippen molar-refractivity contribution in [2.24, 2.45) is 0 Å². The third kappa shape index (κ3) is 5.68. The van der Waals surface area contributed by atoms with Gasteiger partial charge in [-0.15, -0.1) is 0 Å². The predicted octanol–water partition coefficient (Wildman–Crippen LogP) is 4.37. The minimum absolute atomic E-state index is 0.0321. The molecule has 3 aromatic rings. The number of anilines is 1. The summed E-state index contributed by atoms with van der Waals surface area (Å²) in [6, 6.07) is 17.6. The van der Waals surface area contributed by atoms with Gasteiger partial charge in [0.25, 0.3) is 17.5 Å². The molecule has 0 aliphatic carbocycles. The van der Waals surface area contributed by atoms with Crippen molar-refractivity contribution in [2.75, 3.05) is 18.1 Å². The molecular weight excluding hydrogens is 490 g/mol. The van der Waals surface area contributed by atoms with Gasteiger partial charge in [0.2, 0.25) is 0 Å². The standard InChI is InChI=1S/C25H18ClN3O7/c26-17-4-6-18(7-5-17)28-24(31)22(23(30)27-25(28)32)15-16-2-1-3-21(14-16)36-13-12-35-20-10-8-19(9-11-20)29(33)34/h1-11,14-15H,12-13H2,(H,27,30,32)/b22-15+. The number of nitro benzene ring substituents is 1. The number of hydrogen-bond acceptors (Lipinski definition) is 7. The predicted molar refractivity (Wildman–Crippen MR) is 131 cm³/mol. The third-order valence-corrected chi connectivity index (χ3v) is 5.28. The zero-order valence-corrected chi connectivity index (χ0v) is 19.3. The Morgan fingerprint density at radius 3 is 2.25 bits per heavy atom. The highest BCUT2D eigenvalue weighted by atomic mass is 35.5. The lowest BCUT2D eigenvalue weighted by atomic mass is 10.1. The fraction of sp³-hybridized carbons (Fsp3) is 0.0800. The molecule has 11 heteroatoms. The number of amides is 4. The number of hydrogen-bond donors (Lipinski definition) is 1. The second kappa shape index (κ2) is 10.7. The van der Waals surface area contributed by atoms with Crippen molar-refractivity contribution in [1.82, 2.24) is 5.32 Å². The second-order valence-corrected chi connectivity index (χ2v) is 7.89. The van der Waals surface area contributed by atoms with Gasteiger partial charge in [0.15, 0.2) is 0 Å². The lowest BCUT2D eigenvalue weighted by Gasteiger charge is -2.26. The largest absolute Gasteiger partial charge is 0.490 e. The van der Waals surface area contributed by atoms with E-state index in [9.17, 15) is 24.5 Å². The molecule has 10 nitrogen and oxygen atoms in total. The Hall–Kier alpha value is -4.70. The average molecular weight is 508 g/mol. The minimum Gasteiger partial charge on any atom is -0.490 e. The Labute approximate surface area is 209 Å². The molecule has 1 fully saturated rings. The minimum atomic E-state index is -0.852. The van der Waals surface area contributed by atoms with E-state index in [4.69, 9.17) is 21.1 Å². The molecule has 1 saturated heterocycles. The van der Waals surface area contributed by atoms with E-state index >= 15 is 0 Å². The molecule has 182 valence electrons. The van der Waals surface area contributed by atoms with Gasteiger partial charge < -0.3 is 9.47 Å². The molecule has 0 atom stereocenters. The first-order chi connectivity index (χ1) is 17.3. The molecule has 1 aliphatic heterocycles. The van der Waals surface area contributed by atoms with Crippen molar-refractivity contribution < 1.29 is 28.8 Å². The van der Waals surface area contributed by atoms with Crippen LogP contribution in [-0.4, -0.2) is 36.0 Å². The van der Waals surface area contributed by atoms with Gasteiger partial charge in [-0.1, -0.05) is 23.7 Å². The number of nitrogens with one attached hydrogen (secondary N) is 1. The summed E-state index contributed by atoms with van der Waals surface area (Å²) in [5.41, 5.74) is 0.525. The maximum atomic E-state index is 13.0. The van der Waals surface area contributed by atoms with Crippen molar-refractivity contribution in [3.63, 3.8) is 0 Å². The number of carbonyl (C=O) groups is 3. The smallest absolute Gasteiger partial charge is 0.335 e. The van der Waals surface area contributed by atoms with Gasteiger partial charge in [-0.25, -0.2) is 9.69 Å². The molecule has 0 aromatic heterocycles. The first kappa shape index (κ1) is 24.4. The van der Waals surface area contributed by atoms with Crippen LogP contribution < -0.4 is 19.7 Å². The van der Waals surface area contributed by atoms with E-state index in [0.29, 0.717) is 22.1 Å². The summed E-state index contributed by atoms with van der Waals surface area (Å²) >= 11 is 5.88. The number of ether oxygens (including phenoxy) is 2. The van der Waals surface area contributed by atoms with Gasteiger partial charge in [-0.2, -0.15) is 0 Å². The number of barbiturate groups is 1. The molecule has 0 bridgehead atoms. The van der Waals surface area contributed by atoms with Crippen LogP contribution in [0.4, 0.5) is 16.2 Å². The molecule has 4 rings (SSSR count). The summed E-state index contributed by atoms with van der Waals surface area (Å²) in [6.45, 7) is 0.359. The quantitative estimate of drug-likeness (QED) is 0.157. The SMILES string of the molecule is O=C1NC(=O)N(c2ccc(Cl)cc2)C(=O)/C1=C/c1cccc(OCCOc2ccc([N+](=O)[O-])cc2)c1. The number of halogens is 1. The summed E-state index contributed by atoms with van der Waals surface area (Å²) < 4.78 is 11.2. The molecule has 4 amide bonds. The molecule has 0 saturated carbocycles. The Kier molecular flexibility index (Phi) is 7.26. The number of carbonyl (C=O) groups excluding carboxylic acids is 3. The fourth-order valence-electron chi connectivity index (χ4n) is 3.33. The van der Waals surface area contributed by atoms with Crippen LogP contribution in [0, 0.1) is 10.1 Å². The maximum Gasteiger partial charge on any atom is 0.335 e. The van der Waals surface area contributed by atoms with Crippen LogP contribution in [0.25, 0.3) is 6.08 Å². The van der Waals surface area contributed by atoms with Crippen molar-refractivity contribution in [3.05, 3.63) is 99.1 Å². The Bertz CT molecular complexity index is 1350. The fourth-order valence-corrected chi connectivity index (χ4v) is 3.45. The van der Waals surface area contributed by atoms with E-state index < -0.39 is 22.8 Å². The van der Waals surface area contributed by atoms with Crippen LogP contribution >= 0.6 is 11.6 Å². The van der Waals surface area contributed by atoms with Gasteiger partial charge in [0, 0.05) is 17.2 Å². The van der Waals surface area contributed by atoms with Crippen LogP contribution in [0.15, 0.2) is 78.4 Å². The van der Waals surface area contributed by atoms with Crippen molar-refractivity contribution >= 4 is 46.9 Å². The first-order valence-electron chi connectivity index (χ1n) is 10.6. The molecule has 0 radical (unpaired) electrons. The van der Waals surface area contributed by atoms with E-state index in [1.54, 1.807) is 24.3 Å². The van der Waals surface area contributed by atoms with Gasteiger partial charge >= 0.3 is 6.03 Å². The van der Waals surface area contributed by atoms with Crippen LogP contribution in [0.3, 0.4) is 0 Å². The van der Waals surface area contributed by atoms with Crippen molar-refractivity contribution in [2.45, 2.75) is 0 Å². The molecule has 36 heavy (non-hydrogen) atoms. The van der Waals surface area contributed by atoms with Crippen molar-refractivity contribution in [1.29, 1.82) is 0 Å². The molecule has 3 aromatic carbocycles. The van der Waals surface area contributed by atoms with Gasteiger partial charge in [0.1, 0.15) is 30.3 Å². The average Bonchev–Trinajstić information content (AvgIpc) is 2.86. The maximum absolute atomic E-state index is 13.0. The van der Waals surface area contributed by atoms with Crippen LogP contribution in [0.2, 0.25) is 5.02 Å². The number of benzene rings is 3. The zero-order chi connectivity index (χ0) is 25.7. The molecule has 1 aliphatic rings. The lowest BCUT2D eigenvalue weighted by molar-refractivity contribution is -0.384. The Balaban J connectivity index is 1.41. The number of nitro groups is 1. The van der Waals surface area contributed by atoms with Gasteiger partial charge in [-0.3, -0.25) is 25.0 Å². The van der Waals surface area contributed by atoms with Crippen LogP contribution in [-0.2, 0) is 9.59 Å². The van der Waals surface area contributed by atoms with E-state index in [1.165, 1.54) is 54.6 Å². The Morgan fingerprint density at radius 2 is 1.58 bits per heavy atom. The summed E-state index contributed by atoms with van der Waals surface area (Å²) in [5, 5.41) is 13.3. The van der Waals surface area contributed by atoms with E-state index in [-0.39, 0.29) is 30.2 Å². The molecule has 0 spiro atoms. The highest BCUT2D eigenvalue weighted by molar-refractivity contribution is 6.39. The topological polar surface area (TPSA) is 128 Å². The molecule has 1 heterocycles. The lowest BCUT2D eigenvalue weighted by Crippen LogP contribution is -2.54. The summed E-state index contributed by atoms with van der Waals surface area (Å²) in [5.74, 6) is -0.651. The number of nitrogens with zero attached hydrogens (tertiary/aromatic N) is 2. The summed E-state index contributed by atoms with van der Waals surface area (Å²) in [7, 11) is 0. The van der Waals surface area contributed by atoms with Crippen LogP contribution in [0.1, 0.15) is 5.56 Å². The highest BCUT2D eigenvalue weighted by Crippen LogP contribution is 2.24. The van der Waals surface area contributed by atoms with E-state index in [2.05, 4.69) is 5.32 Å². The summed E-state index contributed by atoms with van der Waals surface area (Å²) in [4.78, 5) is 48.7. The number of imide groups is 2. The zero-order valence-electron chi connectivity index (χ0n) is 18.5. The monoisotopic (exact) mass is 507 g/mol. The normalized spacial score (nSPS) is 14.5. The highest BCUT2D eigenvalue weighted by Gasteiger charge is 2.36. The number of urea groups is 1. The molecular formula is C25H18ClN3O7. The second-order valence-electron chi connectivity index (χ2n) is 7.45. The first-order valence-corrected chi connectivity index (χ1v) is 11.0. The molecule has 0 unspecified atom stereocenters. The number of non-ortho nitro benzene ring substituents is 1. The van der Waals surface area contributed by atoms with Gasteiger partial charge in [0.05, 0.1) is 10.6 Å². The number of rotatable bonds is 8. The van der Waals surface area contributed by atoms with E-state index in [0.717, 1.165) is 4.90 Å². The van der Waals surface area contributed by atoms with Gasteiger partial charge in [-0.05, 0) is 60.2 Å². The Morgan fingerprint density at radius 1 is 0.917 bits per heavy atom. The third-order valence-electron chi connectivity index (χ3n) is 5.02. The summed E-state index contributed by atoms with van der Waals surface area (Å²) in [6.07, 6.45) is 1.37. The van der Waals surface area contributed by atoms with E-state index in [1.807, 2.05) is 0 Å². The molecule has 1 N–H and O–H groups in total. The van der Waals surface area contributed by atoms with Crippen LogP contribution in [0.5, 0.6) is 11.5 Å². The van der Waals surface area contributed by atoms with Crippen molar-refractivity contribution in [3.8, 4) is 11.5 Å².